The summed E-state index contributed by atoms with van der Waals surface area (Å²) in [4.78, 5) is 6.03. The fraction of sp³-hybridized carbons (Fsp3) is 0.188. The number of thioether (sulfide) groups is 1. The van der Waals surface area contributed by atoms with Crippen molar-refractivity contribution in [3.63, 3.8) is 0 Å². The van der Waals surface area contributed by atoms with Crippen LogP contribution < -0.4 is 0 Å². The molecule has 3 rings (SSSR count). The molecule has 2 nitrogen and oxygen atoms in total. The van der Waals surface area contributed by atoms with E-state index in [0.29, 0.717) is 0 Å². The second kappa shape index (κ2) is 5.49. The van der Waals surface area contributed by atoms with Crippen LogP contribution in [-0.4, -0.2) is 9.55 Å². The second-order valence-corrected chi connectivity index (χ2v) is 5.41. The van der Waals surface area contributed by atoms with Gasteiger partial charge in [0.1, 0.15) is 5.82 Å². The maximum atomic E-state index is 4.74. The van der Waals surface area contributed by atoms with Gasteiger partial charge in [0.25, 0.3) is 0 Å². The van der Waals surface area contributed by atoms with Crippen molar-refractivity contribution in [3.8, 4) is 0 Å². The van der Waals surface area contributed by atoms with E-state index < -0.39 is 0 Å². The molecule has 0 saturated heterocycles. The normalized spacial score (nSPS) is 11.0. The molecule has 96 valence electrons. The molecule has 0 aliphatic carbocycles. The van der Waals surface area contributed by atoms with Gasteiger partial charge in [-0.2, -0.15) is 0 Å². The standard InChI is InChI=1S/C16H16N2S/c1-2-18-15-11-7-6-10-14(15)17-16(18)12-19-13-8-4-3-5-9-13/h3-11H,2,12H2,1H3. The van der Waals surface area contributed by atoms with Gasteiger partial charge in [0.05, 0.1) is 16.8 Å². The molecule has 0 fully saturated rings. The number of benzene rings is 2. The van der Waals surface area contributed by atoms with Gasteiger partial charge < -0.3 is 4.57 Å². The minimum Gasteiger partial charge on any atom is -0.328 e. The zero-order chi connectivity index (χ0) is 13.1. The van der Waals surface area contributed by atoms with Crippen LogP contribution in [0.3, 0.4) is 0 Å². The molecule has 0 aliphatic rings. The number of fused-ring (bicyclic) bond motifs is 1. The van der Waals surface area contributed by atoms with E-state index in [4.69, 9.17) is 4.98 Å². The van der Waals surface area contributed by atoms with E-state index in [1.165, 1.54) is 10.4 Å². The van der Waals surface area contributed by atoms with Crippen molar-refractivity contribution in [2.45, 2.75) is 24.1 Å². The third-order valence-electron chi connectivity index (χ3n) is 3.16. The summed E-state index contributed by atoms with van der Waals surface area (Å²) in [7, 11) is 0. The molecule has 19 heavy (non-hydrogen) atoms. The number of imidazole rings is 1. The van der Waals surface area contributed by atoms with Crippen LogP contribution in [0.5, 0.6) is 0 Å². The van der Waals surface area contributed by atoms with Crippen LogP contribution in [0.2, 0.25) is 0 Å². The molecule has 0 saturated carbocycles. The van der Waals surface area contributed by atoms with Gasteiger partial charge in [-0.05, 0) is 31.2 Å². The summed E-state index contributed by atoms with van der Waals surface area (Å²) < 4.78 is 2.30. The zero-order valence-electron chi connectivity index (χ0n) is 10.9. The van der Waals surface area contributed by atoms with Crippen LogP contribution in [0.4, 0.5) is 0 Å². The summed E-state index contributed by atoms with van der Waals surface area (Å²) in [6, 6.07) is 18.8. The van der Waals surface area contributed by atoms with E-state index in [1.807, 2.05) is 23.9 Å². The second-order valence-electron chi connectivity index (χ2n) is 4.36. The van der Waals surface area contributed by atoms with E-state index >= 15 is 0 Å². The average molecular weight is 268 g/mol. The van der Waals surface area contributed by atoms with E-state index in [0.717, 1.165) is 23.6 Å². The molecule has 0 atom stereocenters. The van der Waals surface area contributed by atoms with Crippen LogP contribution in [0.1, 0.15) is 12.7 Å². The van der Waals surface area contributed by atoms with Crippen molar-refractivity contribution in [1.29, 1.82) is 0 Å². The number of aromatic nitrogens is 2. The molecule has 3 aromatic rings. The Morgan fingerprint density at radius 3 is 2.53 bits per heavy atom. The van der Waals surface area contributed by atoms with Gasteiger partial charge in [0, 0.05) is 11.4 Å². The Morgan fingerprint density at radius 2 is 1.74 bits per heavy atom. The Kier molecular flexibility index (Phi) is 3.56. The molecular formula is C16H16N2S. The highest BCUT2D eigenvalue weighted by Crippen LogP contribution is 2.24. The zero-order valence-corrected chi connectivity index (χ0v) is 11.7. The first kappa shape index (κ1) is 12.3. The van der Waals surface area contributed by atoms with Crippen molar-refractivity contribution >= 4 is 22.8 Å². The SMILES string of the molecule is CCn1c(CSc2ccccc2)nc2ccccc21. The number of nitrogens with zero attached hydrogens (tertiary/aromatic N) is 2. The van der Waals surface area contributed by atoms with E-state index in [2.05, 4.69) is 54.0 Å². The first-order valence-electron chi connectivity index (χ1n) is 6.50. The van der Waals surface area contributed by atoms with Gasteiger partial charge in [-0.15, -0.1) is 11.8 Å². The number of para-hydroxylation sites is 2. The number of hydrogen-bond donors (Lipinski definition) is 0. The number of aryl methyl sites for hydroxylation is 1. The maximum Gasteiger partial charge on any atom is 0.120 e. The van der Waals surface area contributed by atoms with E-state index in [9.17, 15) is 0 Å². The van der Waals surface area contributed by atoms with Crippen LogP contribution in [0.15, 0.2) is 59.5 Å². The Labute approximate surface area is 117 Å². The van der Waals surface area contributed by atoms with Gasteiger partial charge in [-0.3, -0.25) is 0 Å². The predicted molar refractivity (Wildman–Crippen MR) is 81.4 cm³/mol. The summed E-state index contributed by atoms with van der Waals surface area (Å²) in [6.07, 6.45) is 0. The summed E-state index contributed by atoms with van der Waals surface area (Å²) in [5.74, 6) is 2.06. The summed E-state index contributed by atoms with van der Waals surface area (Å²) in [5, 5.41) is 0. The van der Waals surface area contributed by atoms with E-state index in [1.54, 1.807) is 0 Å². The van der Waals surface area contributed by atoms with Crippen LogP contribution in [0.25, 0.3) is 11.0 Å². The molecule has 0 amide bonds. The van der Waals surface area contributed by atoms with Crippen LogP contribution >= 0.6 is 11.8 Å². The fourth-order valence-corrected chi connectivity index (χ4v) is 3.12. The Hall–Kier alpha value is -1.74. The minimum absolute atomic E-state index is 0.909. The molecule has 2 aromatic carbocycles. The van der Waals surface area contributed by atoms with Crippen molar-refractivity contribution in [3.05, 3.63) is 60.4 Å². The molecule has 0 bridgehead atoms. The molecule has 1 heterocycles. The summed E-state index contributed by atoms with van der Waals surface area (Å²) in [5.41, 5.74) is 2.32. The largest absolute Gasteiger partial charge is 0.328 e. The topological polar surface area (TPSA) is 17.8 Å². The number of rotatable bonds is 4. The van der Waals surface area contributed by atoms with Gasteiger partial charge in [0.2, 0.25) is 0 Å². The van der Waals surface area contributed by atoms with Crippen molar-refractivity contribution in [2.24, 2.45) is 0 Å². The highest BCUT2D eigenvalue weighted by molar-refractivity contribution is 7.98. The highest BCUT2D eigenvalue weighted by Gasteiger charge is 2.08. The van der Waals surface area contributed by atoms with Crippen molar-refractivity contribution in [1.82, 2.24) is 9.55 Å². The Balaban J connectivity index is 1.88. The quantitative estimate of drug-likeness (QED) is 0.655. The monoisotopic (exact) mass is 268 g/mol. The summed E-state index contributed by atoms with van der Waals surface area (Å²) in [6.45, 7) is 3.13. The first-order chi connectivity index (χ1) is 9.38. The minimum atomic E-state index is 0.909. The van der Waals surface area contributed by atoms with Gasteiger partial charge in [0.15, 0.2) is 0 Å². The Bertz CT molecular complexity index is 674. The number of hydrogen-bond acceptors (Lipinski definition) is 2. The average Bonchev–Trinajstić information content (AvgIpc) is 2.83. The van der Waals surface area contributed by atoms with Gasteiger partial charge in [-0.1, -0.05) is 30.3 Å². The fourth-order valence-electron chi connectivity index (χ4n) is 2.25. The van der Waals surface area contributed by atoms with Crippen LogP contribution in [0, 0.1) is 0 Å². The lowest BCUT2D eigenvalue weighted by Crippen LogP contribution is -1.99. The smallest absolute Gasteiger partial charge is 0.120 e. The third-order valence-corrected chi connectivity index (χ3v) is 4.17. The van der Waals surface area contributed by atoms with Crippen LogP contribution in [-0.2, 0) is 12.3 Å². The van der Waals surface area contributed by atoms with Gasteiger partial charge >= 0.3 is 0 Å². The molecule has 0 aliphatic heterocycles. The lowest BCUT2D eigenvalue weighted by molar-refractivity contribution is 0.748. The molecule has 3 heteroatoms. The van der Waals surface area contributed by atoms with E-state index in [-0.39, 0.29) is 0 Å². The van der Waals surface area contributed by atoms with Crippen molar-refractivity contribution in [2.75, 3.05) is 0 Å². The molecule has 0 radical (unpaired) electrons. The maximum absolute atomic E-state index is 4.74. The third kappa shape index (κ3) is 2.51. The highest BCUT2D eigenvalue weighted by atomic mass is 32.2. The Morgan fingerprint density at radius 1 is 1.00 bits per heavy atom. The predicted octanol–water partition coefficient (Wildman–Crippen LogP) is 4.35. The van der Waals surface area contributed by atoms with Crippen molar-refractivity contribution < 1.29 is 0 Å². The lowest BCUT2D eigenvalue weighted by Gasteiger charge is -2.05. The lowest BCUT2D eigenvalue weighted by atomic mass is 10.3. The molecular weight excluding hydrogens is 252 g/mol. The first-order valence-corrected chi connectivity index (χ1v) is 7.49. The molecule has 0 unspecified atom stereocenters. The molecule has 1 aromatic heterocycles. The van der Waals surface area contributed by atoms with Gasteiger partial charge in [-0.25, -0.2) is 4.98 Å². The summed E-state index contributed by atoms with van der Waals surface area (Å²) >= 11 is 1.83. The molecule has 0 N–H and O–H groups in total. The molecule has 0 spiro atoms.